The minimum absolute atomic E-state index is 0.449. The van der Waals surface area contributed by atoms with Crippen LogP contribution in [0.2, 0.25) is 0 Å². The summed E-state index contributed by atoms with van der Waals surface area (Å²) >= 11 is 0. The summed E-state index contributed by atoms with van der Waals surface area (Å²) < 4.78 is 0. The summed E-state index contributed by atoms with van der Waals surface area (Å²) in [5.41, 5.74) is 0.449. The molecule has 1 N–H and O–H groups in total. The Labute approximate surface area is 101 Å². The maximum Gasteiger partial charge on any atom is 0.0245 e. The molecule has 1 aliphatic rings. The smallest absolute Gasteiger partial charge is 0.0245 e. The van der Waals surface area contributed by atoms with Crippen molar-refractivity contribution in [1.82, 2.24) is 15.1 Å². The second-order valence-corrected chi connectivity index (χ2v) is 6.16. The topological polar surface area (TPSA) is 18.5 Å². The Hall–Kier alpha value is -0.120. The van der Waals surface area contributed by atoms with Crippen molar-refractivity contribution in [1.29, 1.82) is 0 Å². The van der Waals surface area contributed by atoms with Crippen molar-refractivity contribution < 1.29 is 0 Å². The minimum atomic E-state index is 0.449. The molecule has 0 radical (unpaired) electrons. The van der Waals surface area contributed by atoms with Gasteiger partial charge in [-0.15, -0.1) is 0 Å². The first kappa shape index (κ1) is 13.9. The lowest BCUT2D eigenvalue weighted by Crippen LogP contribution is -2.52. The standard InChI is InChI=1S/C13H29N3/c1-13(2)7-6-8-14-12(13)11-16(5)10-9-15(3)4/h12,14H,6-11H2,1-5H3. The number of hydrogen-bond acceptors (Lipinski definition) is 3. The second kappa shape index (κ2) is 5.99. The summed E-state index contributed by atoms with van der Waals surface area (Å²) in [7, 11) is 6.50. The van der Waals surface area contributed by atoms with E-state index in [0.717, 1.165) is 13.1 Å². The number of nitrogens with one attached hydrogen (secondary N) is 1. The highest BCUT2D eigenvalue weighted by Gasteiger charge is 2.32. The van der Waals surface area contributed by atoms with Crippen molar-refractivity contribution in [2.24, 2.45) is 5.41 Å². The molecule has 1 unspecified atom stereocenters. The average molecular weight is 227 g/mol. The van der Waals surface area contributed by atoms with E-state index in [2.05, 4.69) is 50.1 Å². The molecule has 1 atom stereocenters. The van der Waals surface area contributed by atoms with E-state index in [1.165, 1.54) is 25.9 Å². The van der Waals surface area contributed by atoms with E-state index in [-0.39, 0.29) is 0 Å². The number of nitrogens with zero attached hydrogens (tertiary/aromatic N) is 2. The summed E-state index contributed by atoms with van der Waals surface area (Å²) in [4.78, 5) is 4.70. The van der Waals surface area contributed by atoms with E-state index in [1.807, 2.05) is 0 Å². The van der Waals surface area contributed by atoms with Crippen LogP contribution < -0.4 is 5.32 Å². The van der Waals surface area contributed by atoms with E-state index in [4.69, 9.17) is 0 Å². The zero-order valence-electron chi connectivity index (χ0n) is 11.7. The molecule has 0 aromatic heterocycles. The van der Waals surface area contributed by atoms with Gasteiger partial charge >= 0.3 is 0 Å². The first-order valence-corrected chi connectivity index (χ1v) is 6.48. The minimum Gasteiger partial charge on any atom is -0.312 e. The molecular formula is C13H29N3. The van der Waals surface area contributed by atoms with Gasteiger partial charge in [-0.3, -0.25) is 0 Å². The zero-order valence-corrected chi connectivity index (χ0v) is 11.7. The molecule has 0 saturated carbocycles. The predicted molar refractivity (Wildman–Crippen MR) is 70.9 cm³/mol. The average Bonchev–Trinajstić information content (AvgIpc) is 2.18. The molecule has 3 nitrogen and oxygen atoms in total. The molecule has 1 heterocycles. The van der Waals surface area contributed by atoms with Gasteiger partial charge in [0.1, 0.15) is 0 Å². The Balaban J connectivity index is 2.34. The van der Waals surface area contributed by atoms with Gasteiger partial charge in [0.05, 0.1) is 0 Å². The van der Waals surface area contributed by atoms with Crippen molar-refractivity contribution in [3.05, 3.63) is 0 Å². The van der Waals surface area contributed by atoms with Crippen molar-refractivity contribution in [2.75, 3.05) is 47.3 Å². The monoisotopic (exact) mass is 227 g/mol. The molecular weight excluding hydrogens is 198 g/mol. The number of likely N-dealkylation sites (N-methyl/N-ethyl adjacent to an activating group) is 2. The van der Waals surface area contributed by atoms with Crippen LogP contribution in [0.3, 0.4) is 0 Å². The van der Waals surface area contributed by atoms with Crippen LogP contribution in [0.15, 0.2) is 0 Å². The summed E-state index contributed by atoms with van der Waals surface area (Å²) in [5.74, 6) is 0. The fourth-order valence-corrected chi connectivity index (χ4v) is 2.36. The normalized spacial score (nSPS) is 25.3. The molecule has 0 bridgehead atoms. The van der Waals surface area contributed by atoms with E-state index in [0.29, 0.717) is 11.5 Å². The molecule has 1 saturated heterocycles. The zero-order chi connectivity index (χ0) is 12.2. The lowest BCUT2D eigenvalue weighted by Gasteiger charge is -2.41. The summed E-state index contributed by atoms with van der Waals surface area (Å²) in [5, 5.41) is 3.67. The van der Waals surface area contributed by atoms with Gasteiger partial charge in [0, 0.05) is 25.7 Å². The fraction of sp³-hybridized carbons (Fsp3) is 1.00. The third kappa shape index (κ3) is 4.40. The third-order valence-electron chi connectivity index (χ3n) is 3.76. The molecule has 0 amide bonds. The van der Waals surface area contributed by atoms with Crippen molar-refractivity contribution in [3.63, 3.8) is 0 Å². The first-order chi connectivity index (χ1) is 7.42. The van der Waals surface area contributed by atoms with Gasteiger partial charge in [0.25, 0.3) is 0 Å². The van der Waals surface area contributed by atoms with Crippen molar-refractivity contribution in [3.8, 4) is 0 Å². The van der Waals surface area contributed by atoms with Gasteiger partial charge in [-0.25, -0.2) is 0 Å². The summed E-state index contributed by atoms with van der Waals surface area (Å²) in [6.07, 6.45) is 2.68. The van der Waals surface area contributed by atoms with E-state index < -0.39 is 0 Å². The molecule has 16 heavy (non-hydrogen) atoms. The maximum atomic E-state index is 3.67. The van der Waals surface area contributed by atoms with E-state index in [9.17, 15) is 0 Å². The van der Waals surface area contributed by atoms with Crippen LogP contribution in [-0.2, 0) is 0 Å². The molecule has 0 spiro atoms. The SMILES string of the molecule is CN(C)CCN(C)CC1NCCCC1(C)C. The van der Waals surface area contributed by atoms with Crippen molar-refractivity contribution in [2.45, 2.75) is 32.7 Å². The number of rotatable bonds is 5. The molecule has 1 rings (SSSR count). The Morgan fingerprint density at radius 2 is 1.88 bits per heavy atom. The second-order valence-electron chi connectivity index (χ2n) is 6.16. The van der Waals surface area contributed by atoms with E-state index in [1.54, 1.807) is 0 Å². The van der Waals surface area contributed by atoms with Crippen LogP contribution in [0.1, 0.15) is 26.7 Å². The van der Waals surface area contributed by atoms with Crippen LogP contribution in [0.25, 0.3) is 0 Å². The fourth-order valence-electron chi connectivity index (χ4n) is 2.36. The van der Waals surface area contributed by atoms with Gasteiger partial charge < -0.3 is 15.1 Å². The Morgan fingerprint density at radius 1 is 1.19 bits per heavy atom. The van der Waals surface area contributed by atoms with E-state index >= 15 is 0 Å². The largest absolute Gasteiger partial charge is 0.312 e. The maximum absolute atomic E-state index is 3.67. The predicted octanol–water partition coefficient (Wildman–Crippen LogP) is 1.26. The third-order valence-corrected chi connectivity index (χ3v) is 3.76. The molecule has 3 heteroatoms. The van der Waals surface area contributed by atoms with Gasteiger partial charge in [0.2, 0.25) is 0 Å². The van der Waals surface area contributed by atoms with Crippen LogP contribution in [-0.4, -0.2) is 63.2 Å². The van der Waals surface area contributed by atoms with Crippen LogP contribution in [0, 0.1) is 5.41 Å². The van der Waals surface area contributed by atoms with Crippen LogP contribution in [0.5, 0.6) is 0 Å². The van der Waals surface area contributed by atoms with Gasteiger partial charge in [-0.1, -0.05) is 13.8 Å². The Kier molecular flexibility index (Phi) is 5.22. The highest BCUT2D eigenvalue weighted by atomic mass is 15.2. The molecule has 0 aromatic carbocycles. The summed E-state index contributed by atoms with van der Waals surface area (Å²) in [6, 6.07) is 0.647. The lowest BCUT2D eigenvalue weighted by atomic mass is 9.77. The summed E-state index contributed by atoms with van der Waals surface area (Å²) in [6.45, 7) is 9.44. The number of piperidine rings is 1. The number of hydrogen-bond donors (Lipinski definition) is 1. The van der Waals surface area contributed by atoms with Gasteiger partial charge in [-0.2, -0.15) is 0 Å². The van der Waals surface area contributed by atoms with Gasteiger partial charge in [0.15, 0.2) is 0 Å². The Bertz CT molecular complexity index is 201. The highest BCUT2D eigenvalue weighted by molar-refractivity contribution is 4.89. The molecule has 96 valence electrons. The molecule has 1 fully saturated rings. The lowest BCUT2D eigenvalue weighted by molar-refractivity contribution is 0.135. The van der Waals surface area contributed by atoms with Gasteiger partial charge in [-0.05, 0) is 45.9 Å². The molecule has 0 aliphatic carbocycles. The highest BCUT2D eigenvalue weighted by Crippen LogP contribution is 2.30. The van der Waals surface area contributed by atoms with Crippen LogP contribution in [0.4, 0.5) is 0 Å². The Morgan fingerprint density at radius 3 is 2.44 bits per heavy atom. The van der Waals surface area contributed by atoms with Crippen LogP contribution >= 0.6 is 0 Å². The first-order valence-electron chi connectivity index (χ1n) is 6.48. The van der Waals surface area contributed by atoms with Crippen molar-refractivity contribution >= 4 is 0 Å². The molecule has 0 aromatic rings. The quantitative estimate of drug-likeness (QED) is 0.763. The molecule has 1 aliphatic heterocycles.